The quantitative estimate of drug-likeness (QED) is 0.763. The van der Waals surface area contributed by atoms with Gasteiger partial charge in [-0.05, 0) is 5.56 Å². The smallest absolute Gasteiger partial charge is 0.356 e. The van der Waals surface area contributed by atoms with Gasteiger partial charge in [-0.1, -0.05) is 41.7 Å². The summed E-state index contributed by atoms with van der Waals surface area (Å²) >= 11 is 1.33. The number of anilines is 1. The number of rotatable bonds is 5. The fourth-order valence-electron chi connectivity index (χ4n) is 2.24. The van der Waals surface area contributed by atoms with Crippen LogP contribution in [0.1, 0.15) is 21.8 Å². The molecular weight excluding hydrogens is 339 g/mol. The first-order valence-corrected chi connectivity index (χ1v) is 7.93. The molecule has 3 rings (SSSR count). The zero-order valence-corrected chi connectivity index (χ0v) is 13.5. The van der Waals surface area contributed by atoms with Crippen LogP contribution in [0.5, 0.6) is 0 Å². The number of hydrogen-bond donors (Lipinski definition) is 1. The van der Waals surface area contributed by atoms with E-state index in [1.807, 2.05) is 30.3 Å². The second-order valence-corrected chi connectivity index (χ2v) is 6.25. The van der Waals surface area contributed by atoms with Crippen LogP contribution in [-0.4, -0.2) is 20.0 Å². The molecule has 126 valence electrons. The van der Waals surface area contributed by atoms with Crippen molar-refractivity contribution in [2.75, 3.05) is 5.32 Å². The molecular formula is C15H14F3N5S. The Kier molecular flexibility index (Phi) is 4.52. The summed E-state index contributed by atoms with van der Waals surface area (Å²) in [4.78, 5) is 0. The van der Waals surface area contributed by atoms with Gasteiger partial charge >= 0.3 is 6.18 Å². The standard InChI is InChI=1S/C15H14F3N5S/c1-23-9-11(13(22-23)15(16,17)18)8-19-14-21-20-12(24-14)7-10-5-3-2-4-6-10/h2-6,9H,7-8H2,1H3,(H,19,21). The molecule has 0 fully saturated rings. The molecule has 0 atom stereocenters. The van der Waals surface area contributed by atoms with Crippen molar-refractivity contribution in [3.63, 3.8) is 0 Å². The highest BCUT2D eigenvalue weighted by atomic mass is 32.1. The molecule has 24 heavy (non-hydrogen) atoms. The molecule has 9 heteroatoms. The Morgan fingerprint density at radius 3 is 2.62 bits per heavy atom. The van der Waals surface area contributed by atoms with E-state index >= 15 is 0 Å². The molecule has 0 aliphatic carbocycles. The molecule has 0 spiro atoms. The lowest BCUT2D eigenvalue weighted by molar-refractivity contribution is -0.142. The Morgan fingerprint density at radius 1 is 1.17 bits per heavy atom. The van der Waals surface area contributed by atoms with Crippen LogP contribution >= 0.6 is 11.3 Å². The normalized spacial score (nSPS) is 11.7. The second kappa shape index (κ2) is 6.60. The average Bonchev–Trinajstić information content (AvgIpc) is 3.12. The molecule has 0 aliphatic rings. The number of nitrogens with one attached hydrogen (secondary N) is 1. The van der Waals surface area contributed by atoms with Crippen LogP contribution in [-0.2, 0) is 26.2 Å². The lowest BCUT2D eigenvalue weighted by Gasteiger charge is -2.06. The van der Waals surface area contributed by atoms with Gasteiger partial charge in [-0.25, -0.2) is 0 Å². The van der Waals surface area contributed by atoms with Crippen LogP contribution in [0.15, 0.2) is 36.5 Å². The number of hydrogen-bond acceptors (Lipinski definition) is 5. The van der Waals surface area contributed by atoms with Gasteiger partial charge in [0.1, 0.15) is 5.01 Å². The van der Waals surface area contributed by atoms with Crippen LogP contribution in [0.4, 0.5) is 18.3 Å². The van der Waals surface area contributed by atoms with E-state index in [0.29, 0.717) is 11.6 Å². The highest BCUT2D eigenvalue weighted by Gasteiger charge is 2.36. The monoisotopic (exact) mass is 353 g/mol. The minimum Gasteiger partial charge on any atom is -0.356 e. The van der Waals surface area contributed by atoms with Gasteiger partial charge < -0.3 is 5.32 Å². The SMILES string of the molecule is Cn1cc(CNc2nnc(Cc3ccccc3)s2)c(C(F)(F)F)n1. The van der Waals surface area contributed by atoms with E-state index in [9.17, 15) is 13.2 Å². The number of nitrogens with zero attached hydrogens (tertiary/aromatic N) is 4. The Morgan fingerprint density at radius 2 is 1.92 bits per heavy atom. The molecule has 5 nitrogen and oxygen atoms in total. The summed E-state index contributed by atoms with van der Waals surface area (Å²) in [5.74, 6) is 0. The molecule has 0 saturated carbocycles. The zero-order valence-electron chi connectivity index (χ0n) is 12.7. The van der Waals surface area contributed by atoms with Crippen LogP contribution < -0.4 is 5.32 Å². The van der Waals surface area contributed by atoms with Gasteiger partial charge in [-0.15, -0.1) is 10.2 Å². The first kappa shape index (κ1) is 16.4. The van der Waals surface area contributed by atoms with Crippen molar-refractivity contribution in [3.8, 4) is 0 Å². The van der Waals surface area contributed by atoms with Gasteiger partial charge in [0.15, 0.2) is 5.69 Å². The van der Waals surface area contributed by atoms with Gasteiger partial charge in [0.2, 0.25) is 5.13 Å². The predicted octanol–water partition coefficient (Wildman–Crippen LogP) is 3.49. The minimum atomic E-state index is -4.47. The molecule has 0 unspecified atom stereocenters. The van der Waals surface area contributed by atoms with E-state index in [-0.39, 0.29) is 12.1 Å². The number of aryl methyl sites for hydroxylation is 1. The van der Waals surface area contributed by atoms with Crippen molar-refractivity contribution >= 4 is 16.5 Å². The fourth-order valence-corrected chi connectivity index (χ4v) is 3.01. The Bertz CT molecular complexity index is 810. The van der Waals surface area contributed by atoms with Crippen molar-refractivity contribution in [1.29, 1.82) is 0 Å². The number of alkyl halides is 3. The molecule has 0 aliphatic heterocycles. The number of aromatic nitrogens is 4. The average molecular weight is 353 g/mol. The van der Waals surface area contributed by atoms with Gasteiger partial charge in [0, 0.05) is 31.8 Å². The first-order chi connectivity index (χ1) is 11.4. The second-order valence-electron chi connectivity index (χ2n) is 5.19. The Labute approximate surface area is 140 Å². The Hall–Kier alpha value is -2.42. The van der Waals surface area contributed by atoms with Gasteiger partial charge in [-0.2, -0.15) is 18.3 Å². The largest absolute Gasteiger partial charge is 0.435 e. The van der Waals surface area contributed by atoms with Gasteiger partial charge in [-0.3, -0.25) is 4.68 Å². The highest BCUT2D eigenvalue weighted by Crippen LogP contribution is 2.31. The maximum Gasteiger partial charge on any atom is 0.435 e. The summed E-state index contributed by atoms with van der Waals surface area (Å²) < 4.78 is 39.9. The molecule has 0 saturated heterocycles. The van der Waals surface area contributed by atoms with Crippen LogP contribution in [0, 0.1) is 0 Å². The first-order valence-electron chi connectivity index (χ1n) is 7.12. The van der Waals surface area contributed by atoms with E-state index in [1.165, 1.54) is 24.6 Å². The van der Waals surface area contributed by atoms with E-state index in [1.54, 1.807) is 0 Å². The van der Waals surface area contributed by atoms with Gasteiger partial charge in [0.25, 0.3) is 0 Å². The summed E-state index contributed by atoms with van der Waals surface area (Å²) in [6, 6.07) is 9.79. The third-order valence-electron chi connectivity index (χ3n) is 3.27. The summed E-state index contributed by atoms with van der Waals surface area (Å²) in [5.41, 5.74) is 0.295. The highest BCUT2D eigenvalue weighted by molar-refractivity contribution is 7.15. The lowest BCUT2D eigenvalue weighted by Crippen LogP contribution is -2.11. The summed E-state index contributed by atoms with van der Waals surface area (Å²) in [6.07, 6.45) is -2.49. The molecule has 0 amide bonds. The zero-order chi connectivity index (χ0) is 17.2. The summed E-state index contributed by atoms with van der Waals surface area (Å²) in [5, 5.41) is 15.7. The Balaban J connectivity index is 1.66. The van der Waals surface area contributed by atoms with E-state index in [4.69, 9.17) is 0 Å². The third kappa shape index (κ3) is 3.91. The van der Waals surface area contributed by atoms with Crippen LogP contribution in [0.2, 0.25) is 0 Å². The van der Waals surface area contributed by atoms with Crippen molar-refractivity contribution < 1.29 is 13.2 Å². The molecule has 0 bridgehead atoms. The van der Waals surface area contributed by atoms with E-state index in [2.05, 4.69) is 20.6 Å². The fraction of sp³-hybridized carbons (Fsp3) is 0.267. The van der Waals surface area contributed by atoms with Crippen molar-refractivity contribution in [2.45, 2.75) is 19.1 Å². The van der Waals surface area contributed by atoms with Crippen LogP contribution in [0.3, 0.4) is 0 Å². The lowest BCUT2D eigenvalue weighted by atomic mass is 10.2. The molecule has 0 radical (unpaired) electrons. The predicted molar refractivity (Wildman–Crippen MR) is 84.7 cm³/mol. The molecule has 1 N–H and O–H groups in total. The maximum absolute atomic E-state index is 12.9. The molecule has 3 aromatic rings. The third-order valence-corrected chi connectivity index (χ3v) is 4.15. The van der Waals surface area contributed by atoms with Crippen molar-refractivity contribution in [2.24, 2.45) is 7.05 Å². The summed E-state index contributed by atoms with van der Waals surface area (Å²) in [7, 11) is 1.46. The maximum atomic E-state index is 12.9. The molecule has 1 aromatic carbocycles. The van der Waals surface area contributed by atoms with Crippen molar-refractivity contribution in [3.05, 3.63) is 58.4 Å². The van der Waals surface area contributed by atoms with Crippen molar-refractivity contribution in [1.82, 2.24) is 20.0 Å². The number of halogens is 3. The van der Waals surface area contributed by atoms with E-state index < -0.39 is 11.9 Å². The van der Waals surface area contributed by atoms with E-state index in [0.717, 1.165) is 15.3 Å². The summed E-state index contributed by atoms with van der Waals surface area (Å²) in [6.45, 7) is -0.0113. The topological polar surface area (TPSA) is 55.6 Å². The van der Waals surface area contributed by atoms with Gasteiger partial charge in [0.05, 0.1) is 0 Å². The number of benzene rings is 1. The minimum absolute atomic E-state index is 0.0113. The molecule has 2 aromatic heterocycles. The molecule has 2 heterocycles. The van der Waals surface area contributed by atoms with Crippen LogP contribution in [0.25, 0.3) is 0 Å².